The van der Waals surface area contributed by atoms with Gasteiger partial charge in [0.25, 0.3) is 0 Å². The van der Waals surface area contributed by atoms with Crippen molar-refractivity contribution in [2.24, 2.45) is 56.7 Å². The number of allylic oxidation sites excluding steroid dienone is 1. The summed E-state index contributed by atoms with van der Waals surface area (Å²) in [6, 6.07) is 0. The van der Waals surface area contributed by atoms with Crippen LogP contribution in [0.5, 0.6) is 0 Å². The molecule has 32 heavy (non-hydrogen) atoms. The van der Waals surface area contributed by atoms with Gasteiger partial charge in [0.2, 0.25) is 0 Å². The van der Waals surface area contributed by atoms with Crippen molar-refractivity contribution in [3.8, 4) is 0 Å². The first-order chi connectivity index (χ1) is 14.9. The van der Waals surface area contributed by atoms with Gasteiger partial charge in [-0.1, -0.05) is 46.8 Å². The molecule has 5 rings (SSSR count). The third-order valence-electron chi connectivity index (χ3n) is 13.5. The Balaban J connectivity index is 1.55. The van der Waals surface area contributed by atoms with E-state index in [2.05, 4.69) is 48.1 Å². The lowest BCUT2D eigenvalue weighted by atomic mass is 9.32. The fraction of sp³-hybridized carbons (Fsp3) is 0.933. The standard InChI is InChI=1S/C30H50O2/c1-19(2)20-10-15-30(18-31)17-16-28(6)21(25(20)30)8-9-23-27(5)13-12-24(32)26(3,4)22(27)11-14-29(23,28)7/h20-25,31-32H,1,8-18H2,2-7H3/t20-,21?,22?,23?,24?,25?,27-,28+,29+,30?/m0/s1. The Morgan fingerprint density at radius 2 is 1.53 bits per heavy atom. The van der Waals surface area contributed by atoms with Gasteiger partial charge in [0.15, 0.2) is 0 Å². The molecule has 2 nitrogen and oxygen atoms in total. The van der Waals surface area contributed by atoms with Crippen LogP contribution in [0.4, 0.5) is 0 Å². The first kappa shape index (κ1) is 23.4. The summed E-state index contributed by atoms with van der Waals surface area (Å²) >= 11 is 0. The Hall–Kier alpha value is -0.340. The Kier molecular flexibility index (Phi) is 5.19. The van der Waals surface area contributed by atoms with Gasteiger partial charge < -0.3 is 10.2 Å². The summed E-state index contributed by atoms with van der Waals surface area (Å²) in [4.78, 5) is 0. The van der Waals surface area contributed by atoms with Gasteiger partial charge in [-0.25, -0.2) is 0 Å². The molecule has 0 aliphatic heterocycles. The summed E-state index contributed by atoms with van der Waals surface area (Å²) < 4.78 is 0. The maximum Gasteiger partial charge on any atom is 0.0594 e. The summed E-state index contributed by atoms with van der Waals surface area (Å²) in [7, 11) is 0. The molecule has 0 spiro atoms. The van der Waals surface area contributed by atoms with Gasteiger partial charge in [-0.3, -0.25) is 0 Å². The van der Waals surface area contributed by atoms with E-state index in [1.165, 1.54) is 63.4 Å². The van der Waals surface area contributed by atoms with Crippen LogP contribution in [0.2, 0.25) is 0 Å². The molecule has 6 unspecified atom stereocenters. The molecule has 5 aliphatic rings. The molecule has 0 aromatic rings. The quantitative estimate of drug-likeness (QED) is 0.452. The molecule has 10 atom stereocenters. The average molecular weight is 443 g/mol. The molecule has 0 bridgehead atoms. The maximum atomic E-state index is 10.9. The van der Waals surface area contributed by atoms with E-state index >= 15 is 0 Å². The van der Waals surface area contributed by atoms with Crippen molar-refractivity contribution in [3.63, 3.8) is 0 Å². The smallest absolute Gasteiger partial charge is 0.0594 e. The van der Waals surface area contributed by atoms with Crippen molar-refractivity contribution in [3.05, 3.63) is 12.2 Å². The van der Waals surface area contributed by atoms with Crippen LogP contribution in [0.15, 0.2) is 12.2 Å². The summed E-state index contributed by atoms with van der Waals surface area (Å²) in [5.41, 5.74) is 2.60. The highest BCUT2D eigenvalue weighted by molar-refractivity contribution is 5.21. The SMILES string of the molecule is C=C(C)[C@@H]1CCC2(CO)CC[C@]3(C)C(CCC4[C@@]5(C)CCC(O)C(C)(C)C5CC[C@]43C)C12. The second-order valence-corrected chi connectivity index (χ2v) is 14.6. The predicted molar refractivity (Wildman–Crippen MR) is 132 cm³/mol. The largest absolute Gasteiger partial charge is 0.396 e. The number of aliphatic hydroxyl groups excluding tert-OH is 2. The van der Waals surface area contributed by atoms with Gasteiger partial charge in [0, 0.05) is 6.61 Å². The summed E-state index contributed by atoms with van der Waals surface area (Å²) in [6.45, 7) is 19.7. The fourth-order valence-electron chi connectivity index (χ4n) is 11.5. The third kappa shape index (κ3) is 2.66. The zero-order valence-electron chi connectivity index (χ0n) is 21.8. The Labute approximate surface area is 197 Å². The van der Waals surface area contributed by atoms with Crippen molar-refractivity contribution in [2.45, 2.75) is 112 Å². The van der Waals surface area contributed by atoms with Crippen molar-refractivity contribution >= 4 is 0 Å². The first-order valence-corrected chi connectivity index (χ1v) is 13.8. The Bertz CT molecular complexity index is 786. The van der Waals surface area contributed by atoms with Gasteiger partial charge in [-0.2, -0.15) is 0 Å². The highest BCUT2D eigenvalue weighted by atomic mass is 16.3. The van der Waals surface area contributed by atoms with E-state index in [4.69, 9.17) is 0 Å². The third-order valence-corrected chi connectivity index (χ3v) is 13.5. The van der Waals surface area contributed by atoms with E-state index < -0.39 is 0 Å². The zero-order chi connectivity index (χ0) is 23.3. The van der Waals surface area contributed by atoms with Crippen LogP contribution in [0, 0.1) is 56.7 Å². The average Bonchev–Trinajstić information content (AvgIpc) is 3.12. The number of rotatable bonds is 2. The maximum absolute atomic E-state index is 10.9. The second-order valence-electron chi connectivity index (χ2n) is 14.6. The van der Waals surface area contributed by atoms with E-state index in [9.17, 15) is 10.2 Å². The number of aliphatic hydroxyl groups is 2. The van der Waals surface area contributed by atoms with E-state index in [-0.39, 0.29) is 16.9 Å². The van der Waals surface area contributed by atoms with Crippen molar-refractivity contribution in [1.82, 2.24) is 0 Å². The van der Waals surface area contributed by atoms with Crippen molar-refractivity contribution < 1.29 is 10.2 Å². The molecule has 182 valence electrons. The normalized spacial score (nSPS) is 56.5. The fourth-order valence-corrected chi connectivity index (χ4v) is 11.5. The first-order valence-electron chi connectivity index (χ1n) is 13.8. The lowest BCUT2D eigenvalue weighted by molar-refractivity contribution is -0.249. The van der Waals surface area contributed by atoms with Crippen LogP contribution in [0.3, 0.4) is 0 Å². The van der Waals surface area contributed by atoms with E-state index in [1.54, 1.807) is 0 Å². The molecular weight excluding hydrogens is 392 g/mol. The molecule has 2 heteroatoms. The van der Waals surface area contributed by atoms with Crippen molar-refractivity contribution in [2.75, 3.05) is 6.61 Å². The highest BCUT2D eigenvalue weighted by Gasteiger charge is 2.70. The van der Waals surface area contributed by atoms with Gasteiger partial charge in [-0.15, -0.1) is 0 Å². The number of hydrogen-bond acceptors (Lipinski definition) is 2. The molecule has 0 heterocycles. The summed E-state index contributed by atoms with van der Waals surface area (Å²) in [5.74, 6) is 3.33. The van der Waals surface area contributed by atoms with Crippen LogP contribution in [-0.4, -0.2) is 22.9 Å². The van der Waals surface area contributed by atoms with E-state index in [1.807, 2.05) is 0 Å². The van der Waals surface area contributed by atoms with Crippen LogP contribution in [0.1, 0.15) is 106 Å². The van der Waals surface area contributed by atoms with Gasteiger partial charge in [-0.05, 0) is 128 Å². The highest BCUT2D eigenvalue weighted by Crippen LogP contribution is 2.77. The summed E-state index contributed by atoms with van der Waals surface area (Å²) in [6.07, 6.45) is 12.2. The molecule has 5 fully saturated rings. The molecule has 5 saturated carbocycles. The van der Waals surface area contributed by atoms with E-state index in [0.717, 1.165) is 18.3 Å². The van der Waals surface area contributed by atoms with Crippen LogP contribution < -0.4 is 0 Å². The molecule has 0 aromatic carbocycles. The second kappa shape index (κ2) is 7.09. The Morgan fingerprint density at radius 1 is 0.812 bits per heavy atom. The molecular formula is C30H50O2. The number of hydrogen-bond donors (Lipinski definition) is 2. The molecule has 2 N–H and O–H groups in total. The minimum Gasteiger partial charge on any atom is -0.396 e. The van der Waals surface area contributed by atoms with Crippen LogP contribution >= 0.6 is 0 Å². The van der Waals surface area contributed by atoms with Crippen LogP contribution in [-0.2, 0) is 0 Å². The minimum absolute atomic E-state index is 0.0290. The lowest BCUT2D eigenvalue weighted by Gasteiger charge is -2.73. The van der Waals surface area contributed by atoms with Crippen molar-refractivity contribution in [1.29, 1.82) is 0 Å². The lowest BCUT2D eigenvalue weighted by Crippen LogP contribution is -2.66. The molecule has 0 aromatic heterocycles. The predicted octanol–water partition coefficient (Wildman–Crippen LogP) is 7.00. The van der Waals surface area contributed by atoms with Gasteiger partial charge >= 0.3 is 0 Å². The molecule has 0 amide bonds. The van der Waals surface area contributed by atoms with Crippen LogP contribution in [0.25, 0.3) is 0 Å². The van der Waals surface area contributed by atoms with Gasteiger partial charge in [0.05, 0.1) is 6.10 Å². The summed E-state index contributed by atoms with van der Waals surface area (Å²) in [5, 5.41) is 21.5. The van der Waals surface area contributed by atoms with Gasteiger partial charge in [0.1, 0.15) is 0 Å². The molecule has 0 radical (unpaired) electrons. The Morgan fingerprint density at radius 3 is 2.19 bits per heavy atom. The zero-order valence-corrected chi connectivity index (χ0v) is 21.8. The molecule has 5 aliphatic carbocycles. The topological polar surface area (TPSA) is 40.5 Å². The monoisotopic (exact) mass is 442 g/mol. The minimum atomic E-state index is -0.147. The number of fused-ring (bicyclic) bond motifs is 7. The molecule has 0 saturated heterocycles. The van der Waals surface area contributed by atoms with E-state index in [0.29, 0.717) is 40.6 Å².